The molecule has 2 saturated heterocycles. The van der Waals surface area contributed by atoms with Gasteiger partial charge < -0.3 is 10.6 Å². The van der Waals surface area contributed by atoms with E-state index in [9.17, 15) is 0 Å². The second-order valence-electron chi connectivity index (χ2n) is 7.76. The van der Waals surface area contributed by atoms with Crippen LogP contribution in [0.1, 0.15) is 46.0 Å². The minimum atomic E-state index is 0.230. The molecule has 0 radical (unpaired) electrons. The molecule has 0 bridgehead atoms. The van der Waals surface area contributed by atoms with Crippen molar-refractivity contribution in [2.45, 2.75) is 69.6 Å². The molecule has 21 heavy (non-hydrogen) atoms. The Morgan fingerprint density at radius 2 is 2.00 bits per heavy atom. The van der Waals surface area contributed by atoms with Crippen molar-refractivity contribution in [3.63, 3.8) is 0 Å². The summed E-state index contributed by atoms with van der Waals surface area (Å²) in [6.45, 7) is 10.5. The summed E-state index contributed by atoms with van der Waals surface area (Å²) in [4.78, 5) is 8.08. The minimum absolute atomic E-state index is 0.230. The van der Waals surface area contributed by atoms with Crippen molar-refractivity contribution in [3.8, 4) is 0 Å². The minimum Gasteiger partial charge on any atom is -0.329 e. The molecule has 0 amide bonds. The third kappa shape index (κ3) is 3.00. The molecule has 2 N–H and O–H groups in total. The van der Waals surface area contributed by atoms with Crippen LogP contribution in [-0.4, -0.2) is 78.1 Å². The molecular formula is C17H34N4. The standard InChI is InChI=1S/C17H34N4/c1-4-15-11-19(3)8-5-9-21(15)17(12-18)10-14(2)20(13-17)16-6-7-16/h14-16H,4-13,18H2,1-3H3. The first-order valence-electron chi connectivity index (χ1n) is 9.00. The van der Waals surface area contributed by atoms with Crippen LogP contribution in [0.4, 0.5) is 0 Å². The summed E-state index contributed by atoms with van der Waals surface area (Å²) >= 11 is 0. The summed E-state index contributed by atoms with van der Waals surface area (Å²) in [6, 6.07) is 2.25. The van der Waals surface area contributed by atoms with Gasteiger partial charge in [-0.1, -0.05) is 6.92 Å². The van der Waals surface area contributed by atoms with Gasteiger partial charge in [-0.25, -0.2) is 0 Å². The van der Waals surface area contributed by atoms with Gasteiger partial charge in [-0.05, 0) is 52.6 Å². The SMILES string of the molecule is CCC1CN(C)CCCN1C1(CN)CC(C)N(C2CC2)C1. The van der Waals surface area contributed by atoms with Gasteiger partial charge in [-0.3, -0.25) is 9.80 Å². The molecule has 3 aliphatic rings. The van der Waals surface area contributed by atoms with E-state index < -0.39 is 0 Å². The van der Waals surface area contributed by atoms with Gasteiger partial charge in [0.2, 0.25) is 0 Å². The zero-order chi connectivity index (χ0) is 15.0. The summed E-state index contributed by atoms with van der Waals surface area (Å²) in [6.07, 6.45) is 6.60. The maximum absolute atomic E-state index is 6.37. The van der Waals surface area contributed by atoms with Crippen molar-refractivity contribution in [3.05, 3.63) is 0 Å². The number of nitrogens with zero attached hydrogens (tertiary/aromatic N) is 3. The predicted octanol–water partition coefficient (Wildman–Crippen LogP) is 1.36. The molecule has 0 aromatic heterocycles. The molecule has 4 nitrogen and oxygen atoms in total. The summed E-state index contributed by atoms with van der Waals surface area (Å²) in [5.74, 6) is 0. The molecular weight excluding hydrogens is 260 g/mol. The van der Waals surface area contributed by atoms with Crippen molar-refractivity contribution < 1.29 is 0 Å². The zero-order valence-corrected chi connectivity index (χ0v) is 14.2. The smallest absolute Gasteiger partial charge is 0.0476 e. The van der Waals surface area contributed by atoms with E-state index in [2.05, 4.69) is 35.6 Å². The highest BCUT2D eigenvalue weighted by Crippen LogP contribution is 2.40. The van der Waals surface area contributed by atoms with Crippen LogP contribution in [0.5, 0.6) is 0 Å². The van der Waals surface area contributed by atoms with Crippen LogP contribution in [-0.2, 0) is 0 Å². The van der Waals surface area contributed by atoms with Gasteiger partial charge in [-0.15, -0.1) is 0 Å². The van der Waals surface area contributed by atoms with E-state index in [1.165, 1.54) is 58.3 Å². The van der Waals surface area contributed by atoms with Crippen LogP contribution >= 0.6 is 0 Å². The zero-order valence-electron chi connectivity index (χ0n) is 14.2. The lowest BCUT2D eigenvalue weighted by Crippen LogP contribution is -2.60. The van der Waals surface area contributed by atoms with Crippen molar-refractivity contribution in [1.82, 2.24) is 14.7 Å². The van der Waals surface area contributed by atoms with Crippen molar-refractivity contribution in [2.75, 3.05) is 39.8 Å². The Morgan fingerprint density at radius 3 is 2.62 bits per heavy atom. The van der Waals surface area contributed by atoms with Gasteiger partial charge in [0.15, 0.2) is 0 Å². The van der Waals surface area contributed by atoms with Gasteiger partial charge >= 0.3 is 0 Å². The fourth-order valence-electron chi connectivity index (χ4n) is 4.81. The molecule has 1 aliphatic carbocycles. The highest BCUT2D eigenvalue weighted by Gasteiger charge is 2.50. The topological polar surface area (TPSA) is 35.7 Å². The summed E-state index contributed by atoms with van der Waals surface area (Å²) in [5.41, 5.74) is 6.60. The fourth-order valence-corrected chi connectivity index (χ4v) is 4.81. The molecule has 0 aromatic rings. The second kappa shape index (κ2) is 6.15. The molecule has 2 heterocycles. The molecule has 0 spiro atoms. The van der Waals surface area contributed by atoms with Gasteiger partial charge in [0, 0.05) is 49.8 Å². The van der Waals surface area contributed by atoms with Crippen molar-refractivity contribution in [1.29, 1.82) is 0 Å². The molecule has 3 fully saturated rings. The average Bonchev–Trinajstić information content (AvgIpc) is 3.27. The Hall–Kier alpha value is -0.160. The Labute approximate surface area is 130 Å². The molecule has 2 aliphatic heterocycles. The molecule has 0 aromatic carbocycles. The van der Waals surface area contributed by atoms with E-state index >= 15 is 0 Å². The van der Waals surface area contributed by atoms with Crippen LogP contribution in [0.3, 0.4) is 0 Å². The lowest BCUT2D eigenvalue weighted by molar-refractivity contribution is 0.0514. The number of hydrogen-bond acceptors (Lipinski definition) is 4. The Morgan fingerprint density at radius 1 is 1.24 bits per heavy atom. The molecule has 1 saturated carbocycles. The number of nitrogens with two attached hydrogens (primary N) is 1. The van der Waals surface area contributed by atoms with E-state index in [-0.39, 0.29) is 5.54 Å². The average molecular weight is 294 g/mol. The second-order valence-corrected chi connectivity index (χ2v) is 7.76. The first kappa shape index (κ1) is 15.7. The molecule has 3 rings (SSSR count). The van der Waals surface area contributed by atoms with Crippen LogP contribution in [0, 0.1) is 0 Å². The third-order valence-corrected chi connectivity index (χ3v) is 6.10. The Kier molecular flexibility index (Phi) is 4.60. The van der Waals surface area contributed by atoms with Gasteiger partial charge in [0.25, 0.3) is 0 Å². The molecule has 4 heteroatoms. The maximum atomic E-state index is 6.37. The van der Waals surface area contributed by atoms with Gasteiger partial charge in [-0.2, -0.15) is 0 Å². The Balaban J connectivity index is 1.80. The number of likely N-dealkylation sites (tertiary alicyclic amines) is 1. The fraction of sp³-hybridized carbons (Fsp3) is 1.00. The normalized spacial score (nSPS) is 40.6. The number of rotatable bonds is 4. The first-order chi connectivity index (χ1) is 10.1. The molecule has 3 atom stereocenters. The quantitative estimate of drug-likeness (QED) is 0.849. The third-order valence-electron chi connectivity index (χ3n) is 6.10. The molecule has 3 unspecified atom stereocenters. The van der Waals surface area contributed by atoms with Crippen LogP contribution in [0.25, 0.3) is 0 Å². The van der Waals surface area contributed by atoms with Crippen molar-refractivity contribution >= 4 is 0 Å². The highest BCUT2D eigenvalue weighted by atomic mass is 15.4. The van der Waals surface area contributed by atoms with Gasteiger partial charge in [0.1, 0.15) is 0 Å². The maximum Gasteiger partial charge on any atom is 0.0476 e. The van der Waals surface area contributed by atoms with E-state index in [1.807, 2.05) is 0 Å². The van der Waals surface area contributed by atoms with E-state index in [4.69, 9.17) is 5.73 Å². The van der Waals surface area contributed by atoms with Crippen molar-refractivity contribution in [2.24, 2.45) is 5.73 Å². The lowest BCUT2D eigenvalue weighted by atomic mass is 9.91. The van der Waals surface area contributed by atoms with Gasteiger partial charge in [0.05, 0.1) is 0 Å². The monoisotopic (exact) mass is 294 g/mol. The summed E-state index contributed by atoms with van der Waals surface area (Å²) < 4.78 is 0. The Bertz CT molecular complexity index is 357. The molecule has 122 valence electrons. The lowest BCUT2D eigenvalue weighted by Gasteiger charge is -2.45. The summed E-state index contributed by atoms with van der Waals surface area (Å²) in [5, 5.41) is 0. The number of likely N-dealkylation sites (N-methyl/N-ethyl adjacent to an activating group) is 1. The largest absolute Gasteiger partial charge is 0.329 e. The van der Waals surface area contributed by atoms with Crippen LogP contribution < -0.4 is 5.73 Å². The number of hydrogen-bond donors (Lipinski definition) is 1. The van der Waals surface area contributed by atoms with E-state index in [1.54, 1.807) is 0 Å². The van der Waals surface area contributed by atoms with Crippen LogP contribution in [0.15, 0.2) is 0 Å². The van der Waals surface area contributed by atoms with E-state index in [0.717, 1.165) is 12.6 Å². The predicted molar refractivity (Wildman–Crippen MR) is 88.5 cm³/mol. The first-order valence-corrected chi connectivity index (χ1v) is 9.00. The summed E-state index contributed by atoms with van der Waals surface area (Å²) in [7, 11) is 2.27. The highest BCUT2D eigenvalue weighted by molar-refractivity contribution is 5.08. The van der Waals surface area contributed by atoms with E-state index in [0.29, 0.717) is 12.1 Å². The van der Waals surface area contributed by atoms with Crippen LogP contribution in [0.2, 0.25) is 0 Å².